The molecule has 2 aromatic rings. The van der Waals surface area contributed by atoms with E-state index in [9.17, 15) is 0 Å². The van der Waals surface area contributed by atoms with E-state index in [0.717, 1.165) is 24.2 Å². The van der Waals surface area contributed by atoms with Crippen molar-refractivity contribution in [2.75, 3.05) is 0 Å². The molecular weight excluding hydrogens is 316 g/mol. The zero-order chi connectivity index (χ0) is 18.5. The second-order valence-electron chi connectivity index (χ2n) is 7.07. The minimum atomic E-state index is 0.915. The van der Waals surface area contributed by atoms with Gasteiger partial charge in [-0.05, 0) is 55.0 Å². The second kappa shape index (κ2) is 12.4. The molecule has 0 aliphatic carbocycles. The lowest BCUT2D eigenvalue weighted by Gasteiger charge is -2.12. The molecule has 0 radical (unpaired) electrons. The van der Waals surface area contributed by atoms with Crippen molar-refractivity contribution in [3.63, 3.8) is 0 Å². The van der Waals surface area contributed by atoms with E-state index < -0.39 is 0 Å². The lowest BCUT2D eigenvalue weighted by molar-refractivity contribution is 0.650. The first-order valence-corrected chi connectivity index (χ1v) is 10.4. The molecule has 0 spiro atoms. The lowest BCUT2D eigenvalue weighted by Crippen LogP contribution is -1.96. The van der Waals surface area contributed by atoms with Gasteiger partial charge in [-0.15, -0.1) is 0 Å². The van der Waals surface area contributed by atoms with Gasteiger partial charge in [0.2, 0.25) is 0 Å². The first-order valence-electron chi connectivity index (χ1n) is 10.4. The van der Waals surface area contributed by atoms with E-state index in [1.165, 1.54) is 62.5 Å². The zero-order valence-electron chi connectivity index (χ0n) is 16.6. The van der Waals surface area contributed by atoms with E-state index >= 15 is 0 Å². The van der Waals surface area contributed by atoms with Gasteiger partial charge < -0.3 is 0 Å². The van der Waals surface area contributed by atoms with Gasteiger partial charge in [-0.25, -0.2) is 0 Å². The largest absolute Gasteiger partial charge is 0.151 e. The average molecular weight is 351 g/mol. The van der Waals surface area contributed by atoms with Gasteiger partial charge in [-0.2, -0.15) is 10.2 Å². The third kappa shape index (κ3) is 7.11. The van der Waals surface area contributed by atoms with Gasteiger partial charge in [-0.1, -0.05) is 82.7 Å². The predicted molar refractivity (Wildman–Crippen MR) is 113 cm³/mol. The summed E-state index contributed by atoms with van der Waals surface area (Å²) in [6.45, 7) is 4.53. The van der Waals surface area contributed by atoms with Crippen molar-refractivity contribution in [2.45, 2.75) is 78.1 Å². The van der Waals surface area contributed by atoms with E-state index in [4.69, 9.17) is 0 Å². The maximum Gasteiger partial charge on any atom is 0.0891 e. The fourth-order valence-corrected chi connectivity index (χ4v) is 3.31. The molecule has 0 unspecified atom stereocenters. The molecule has 2 nitrogen and oxygen atoms in total. The topological polar surface area (TPSA) is 24.7 Å². The van der Waals surface area contributed by atoms with Crippen molar-refractivity contribution in [3.8, 4) is 0 Å². The molecule has 0 aromatic heterocycles. The molecule has 0 fully saturated rings. The summed E-state index contributed by atoms with van der Waals surface area (Å²) < 4.78 is 0. The molecule has 0 atom stereocenters. The van der Waals surface area contributed by atoms with Gasteiger partial charge in [0.05, 0.1) is 11.4 Å². The van der Waals surface area contributed by atoms with Crippen LogP contribution in [-0.2, 0) is 12.8 Å². The molecule has 140 valence electrons. The fourth-order valence-electron chi connectivity index (χ4n) is 3.31. The standard InChI is InChI=1S/C24H34N2/c1-3-5-7-10-15-21-16-14-20-24(23(21)19-13-8-6-4-2)26-25-22-17-11-9-12-18-22/h9,11-12,14,16-18,20H,3-8,10,13,15,19H2,1-2H3. The van der Waals surface area contributed by atoms with Crippen LogP contribution in [0.4, 0.5) is 11.4 Å². The summed E-state index contributed by atoms with van der Waals surface area (Å²) in [7, 11) is 0. The van der Waals surface area contributed by atoms with Gasteiger partial charge >= 0.3 is 0 Å². The van der Waals surface area contributed by atoms with Crippen LogP contribution in [0.15, 0.2) is 58.8 Å². The molecule has 2 rings (SSSR count). The Morgan fingerprint density at radius 3 is 2.00 bits per heavy atom. The molecule has 26 heavy (non-hydrogen) atoms. The molecule has 0 saturated carbocycles. The van der Waals surface area contributed by atoms with Crippen molar-refractivity contribution in [3.05, 3.63) is 59.7 Å². The Hall–Kier alpha value is -1.96. The summed E-state index contributed by atoms with van der Waals surface area (Å²) in [5.74, 6) is 0. The maximum absolute atomic E-state index is 4.61. The summed E-state index contributed by atoms with van der Waals surface area (Å²) in [5.41, 5.74) is 4.86. The first-order chi connectivity index (χ1) is 12.8. The van der Waals surface area contributed by atoms with Crippen LogP contribution < -0.4 is 0 Å². The highest BCUT2D eigenvalue weighted by Gasteiger charge is 2.08. The Bertz CT molecular complexity index is 647. The molecule has 0 saturated heterocycles. The highest BCUT2D eigenvalue weighted by Crippen LogP contribution is 2.28. The van der Waals surface area contributed by atoms with Crippen LogP contribution in [0.5, 0.6) is 0 Å². The smallest absolute Gasteiger partial charge is 0.0891 e. The van der Waals surface area contributed by atoms with Crippen LogP contribution in [0, 0.1) is 0 Å². The zero-order valence-corrected chi connectivity index (χ0v) is 16.6. The molecule has 0 aliphatic heterocycles. The SMILES string of the molecule is CCCCCCc1cccc(N=Nc2ccccc2)c1CCCCCC. The number of azo groups is 1. The number of nitrogens with zero attached hydrogens (tertiary/aromatic N) is 2. The van der Waals surface area contributed by atoms with Gasteiger partial charge in [0, 0.05) is 0 Å². The average Bonchev–Trinajstić information content (AvgIpc) is 2.68. The molecule has 0 aliphatic rings. The van der Waals surface area contributed by atoms with E-state index in [1.54, 1.807) is 0 Å². The second-order valence-corrected chi connectivity index (χ2v) is 7.07. The Morgan fingerprint density at radius 1 is 0.615 bits per heavy atom. The van der Waals surface area contributed by atoms with Gasteiger partial charge in [-0.3, -0.25) is 0 Å². The van der Waals surface area contributed by atoms with E-state index in [2.05, 4.69) is 42.3 Å². The van der Waals surface area contributed by atoms with Crippen molar-refractivity contribution in [1.29, 1.82) is 0 Å². The number of hydrogen-bond acceptors (Lipinski definition) is 2. The number of unbranched alkanes of at least 4 members (excludes halogenated alkanes) is 6. The Kier molecular flexibility index (Phi) is 9.71. The van der Waals surface area contributed by atoms with Gasteiger partial charge in [0.1, 0.15) is 0 Å². The normalized spacial score (nSPS) is 11.3. The van der Waals surface area contributed by atoms with Crippen molar-refractivity contribution < 1.29 is 0 Å². The van der Waals surface area contributed by atoms with Crippen molar-refractivity contribution in [1.82, 2.24) is 0 Å². The molecule has 2 heteroatoms. The first kappa shape index (κ1) is 20.4. The van der Waals surface area contributed by atoms with Crippen molar-refractivity contribution in [2.24, 2.45) is 10.2 Å². The fraction of sp³-hybridized carbons (Fsp3) is 0.500. The maximum atomic E-state index is 4.61. The lowest BCUT2D eigenvalue weighted by atomic mass is 9.95. The van der Waals surface area contributed by atoms with E-state index in [0.29, 0.717) is 0 Å². The van der Waals surface area contributed by atoms with E-state index in [-0.39, 0.29) is 0 Å². The summed E-state index contributed by atoms with van der Waals surface area (Å²) in [6.07, 6.45) is 12.6. The van der Waals surface area contributed by atoms with Crippen LogP contribution in [0.3, 0.4) is 0 Å². The quantitative estimate of drug-likeness (QED) is 0.271. The van der Waals surface area contributed by atoms with Crippen LogP contribution in [0.2, 0.25) is 0 Å². The number of aryl methyl sites for hydroxylation is 1. The van der Waals surface area contributed by atoms with Crippen LogP contribution in [-0.4, -0.2) is 0 Å². The van der Waals surface area contributed by atoms with E-state index in [1.807, 2.05) is 30.3 Å². The Morgan fingerprint density at radius 2 is 1.31 bits per heavy atom. The van der Waals surface area contributed by atoms with Crippen LogP contribution in [0.25, 0.3) is 0 Å². The summed E-state index contributed by atoms with van der Waals surface area (Å²) in [5, 5.41) is 9.06. The Balaban J connectivity index is 2.14. The van der Waals surface area contributed by atoms with Gasteiger partial charge in [0.25, 0.3) is 0 Å². The minimum Gasteiger partial charge on any atom is -0.151 e. The molecule has 0 N–H and O–H groups in total. The van der Waals surface area contributed by atoms with Crippen LogP contribution in [0.1, 0.15) is 76.3 Å². The third-order valence-corrected chi connectivity index (χ3v) is 4.86. The molecule has 0 bridgehead atoms. The molecular formula is C24H34N2. The molecule has 0 amide bonds. The summed E-state index contributed by atoms with van der Waals surface area (Å²) >= 11 is 0. The molecule has 2 aromatic carbocycles. The number of rotatable bonds is 12. The molecule has 0 heterocycles. The summed E-state index contributed by atoms with van der Waals surface area (Å²) in [4.78, 5) is 0. The minimum absolute atomic E-state index is 0.915. The summed E-state index contributed by atoms with van der Waals surface area (Å²) in [6, 6.07) is 16.6. The highest BCUT2D eigenvalue weighted by molar-refractivity contribution is 5.51. The highest BCUT2D eigenvalue weighted by atomic mass is 15.1. The number of benzene rings is 2. The number of hydrogen-bond donors (Lipinski definition) is 0. The van der Waals surface area contributed by atoms with Crippen LogP contribution >= 0.6 is 0 Å². The van der Waals surface area contributed by atoms with Gasteiger partial charge in [0.15, 0.2) is 0 Å². The van der Waals surface area contributed by atoms with Crippen molar-refractivity contribution >= 4 is 11.4 Å². The third-order valence-electron chi connectivity index (χ3n) is 4.86. The Labute approximate surface area is 159 Å². The predicted octanol–water partition coefficient (Wildman–Crippen LogP) is 8.35. The monoisotopic (exact) mass is 350 g/mol.